The first-order chi connectivity index (χ1) is 7.58. The summed E-state index contributed by atoms with van der Waals surface area (Å²) in [5.41, 5.74) is 0.577. The highest BCUT2D eigenvalue weighted by Gasteiger charge is 2.05. The molecule has 0 radical (unpaired) electrons. The van der Waals surface area contributed by atoms with Crippen LogP contribution in [0.5, 0.6) is 0 Å². The van der Waals surface area contributed by atoms with E-state index >= 15 is 0 Å². The van der Waals surface area contributed by atoms with Crippen molar-refractivity contribution in [2.45, 2.75) is 6.43 Å². The van der Waals surface area contributed by atoms with E-state index in [-0.39, 0.29) is 12.5 Å². The Morgan fingerprint density at radius 2 is 1.94 bits per heavy atom. The molecule has 0 spiro atoms. The summed E-state index contributed by atoms with van der Waals surface area (Å²) in [6.07, 6.45) is -2.46. The predicted molar refractivity (Wildman–Crippen MR) is 59.0 cm³/mol. The van der Waals surface area contributed by atoms with Crippen LogP contribution >= 0.6 is 11.6 Å². The number of amides is 1. The molecule has 0 unspecified atom stereocenters. The van der Waals surface area contributed by atoms with Gasteiger partial charge in [-0.05, 0) is 24.3 Å². The molecule has 6 heteroatoms. The van der Waals surface area contributed by atoms with Crippen molar-refractivity contribution in [2.24, 2.45) is 0 Å². The van der Waals surface area contributed by atoms with Gasteiger partial charge in [0.15, 0.2) is 0 Å². The molecule has 88 valence electrons. The van der Waals surface area contributed by atoms with Crippen LogP contribution in [0.2, 0.25) is 5.02 Å². The fourth-order valence-corrected chi connectivity index (χ4v) is 1.16. The van der Waals surface area contributed by atoms with E-state index in [0.29, 0.717) is 10.7 Å². The summed E-state index contributed by atoms with van der Waals surface area (Å²) in [6.45, 7) is -0.638. The predicted octanol–water partition coefficient (Wildman–Crippen LogP) is 2.13. The number of rotatable bonds is 5. The van der Waals surface area contributed by atoms with Crippen LogP contribution in [0.1, 0.15) is 0 Å². The van der Waals surface area contributed by atoms with Crippen molar-refractivity contribution in [3.05, 3.63) is 29.3 Å². The minimum absolute atomic E-state index is 0.146. The summed E-state index contributed by atoms with van der Waals surface area (Å²) in [5.74, 6) is -0.372. The number of alkyl halides is 2. The van der Waals surface area contributed by atoms with Gasteiger partial charge in [0.05, 0.1) is 13.1 Å². The van der Waals surface area contributed by atoms with Gasteiger partial charge >= 0.3 is 0 Å². The lowest BCUT2D eigenvalue weighted by atomic mass is 10.3. The number of hydrogen-bond donors (Lipinski definition) is 2. The quantitative estimate of drug-likeness (QED) is 0.838. The Hall–Kier alpha value is -1.20. The second kappa shape index (κ2) is 6.40. The molecular formula is C10H11ClF2N2O. The third kappa shape index (κ3) is 5.04. The highest BCUT2D eigenvalue weighted by molar-refractivity contribution is 6.30. The van der Waals surface area contributed by atoms with Crippen molar-refractivity contribution in [2.75, 3.05) is 18.4 Å². The van der Waals surface area contributed by atoms with Gasteiger partial charge in [-0.3, -0.25) is 4.79 Å². The molecule has 16 heavy (non-hydrogen) atoms. The van der Waals surface area contributed by atoms with Crippen molar-refractivity contribution in [1.82, 2.24) is 5.32 Å². The van der Waals surface area contributed by atoms with Crippen molar-refractivity contribution >= 4 is 23.2 Å². The normalized spacial score (nSPS) is 10.5. The number of carbonyl (C=O) groups is 1. The molecule has 0 aliphatic carbocycles. The smallest absolute Gasteiger partial charge is 0.250 e. The van der Waals surface area contributed by atoms with Crippen LogP contribution in [0, 0.1) is 0 Å². The van der Waals surface area contributed by atoms with Crippen LogP contribution in [0.15, 0.2) is 24.3 Å². The van der Waals surface area contributed by atoms with Gasteiger partial charge in [-0.25, -0.2) is 8.78 Å². The third-order valence-corrected chi connectivity index (χ3v) is 1.96. The van der Waals surface area contributed by atoms with E-state index in [1.165, 1.54) is 0 Å². The zero-order chi connectivity index (χ0) is 12.0. The van der Waals surface area contributed by atoms with E-state index in [1.54, 1.807) is 24.3 Å². The lowest BCUT2D eigenvalue weighted by Gasteiger charge is -2.06. The SMILES string of the molecule is O=C(CNCC(F)F)Nc1ccc(Cl)cc1. The lowest BCUT2D eigenvalue weighted by Crippen LogP contribution is -2.31. The first kappa shape index (κ1) is 12.9. The Morgan fingerprint density at radius 1 is 1.31 bits per heavy atom. The van der Waals surface area contributed by atoms with E-state index in [9.17, 15) is 13.6 Å². The van der Waals surface area contributed by atoms with E-state index in [0.717, 1.165) is 0 Å². The van der Waals surface area contributed by atoms with E-state index in [2.05, 4.69) is 10.6 Å². The Kier molecular flexibility index (Phi) is 5.14. The molecule has 1 aromatic carbocycles. The molecule has 0 saturated carbocycles. The maximum atomic E-state index is 11.7. The van der Waals surface area contributed by atoms with Crippen LogP contribution < -0.4 is 10.6 Å². The minimum Gasteiger partial charge on any atom is -0.325 e. The zero-order valence-electron chi connectivity index (χ0n) is 8.34. The van der Waals surface area contributed by atoms with Crippen LogP contribution in [-0.2, 0) is 4.79 Å². The molecule has 0 bridgehead atoms. The van der Waals surface area contributed by atoms with E-state index < -0.39 is 13.0 Å². The average molecular weight is 249 g/mol. The van der Waals surface area contributed by atoms with Crippen molar-refractivity contribution < 1.29 is 13.6 Å². The second-order valence-electron chi connectivity index (χ2n) is 3.08. The highest BCUT2D eigenvalue weighted by atomic mass is 35.5. The molecule has 1 aromatic rings. The maximum absolute atomic E-state index is 11.7. The van der Waals surface area contributed by atoms with Gasteiger partial charge < -0.3 is 10.6 Å². The maximum Gasteiger partial charge on any atom is 0.250 e. The number of halogens is 3. The number of nitrogens with one attached hydrogen (secondary N) is 2. The molecule has 0 fully saturated rings. The van der Waals surface area contributed by atoms with Gasteiger partial charge in [-0.15, -0.1) is 0 Å². The van der Waals surface area contributed by atoms with Gasteiger partial charge in [0.1, 0.15) is 0 Å². The summed E-state index contributed by atoms with van der Waals surface area (Å²) in [7, 11) is 0. The molecule has 0 heterocycles. The van der Waals surface area contributed by atoms with E-state index in [1.807, 2.05) is 0 Å². The number of anilines is 1. The van der Waals surface area contributed by atoms with Crippen LogP contribution in [-0.4, -0.2) is 25.4 Å². The first-order valence-corrected chi connectivity index (χ1v) is 5.00. The first-order valence-electron chi connectivity index (χ1n) is 4.62. The van der Waals surface area contributed by atoms with Crippen LogP contribution in [0.25, 0.3) is 0 Å². The summed E-state index contributed by atoms with van der Waals surface area (Å²) in [6, 6.07) is 6.52. The Bertz CT molecular complexity index is 343. The molecule has 1 rings (SSSR count). The highest BCUT2D eigenvalue weighted by Crippen LogP contribution is 2.12. The lowest BCUT2D eigenvalue weighted by molar-refractivity contribution is -0.115. The number of hydrogen-bond acceptors (Lipinski definition) is 2. The average Bonchev–Trinajstić information content (AvgIpc) is 2.21. The molecule has 1 amide bonds. The van der Waals surface area contributed by atoms with Crippen LogP contribution in [0.3, 0.4) is 0 Å². The van der Waals surface area contributed by atoms with Crippen LogP contribution in [0.4, 0.5) is 14.5 Å². The Morgan fingerprint density at radius 3 is 2.50 bits per heavy atom. The Labute approximate surface area is 96.8 Å². The molecule has 0 saturated heterocycles. The molecule has 0 aliphatic rings. The van der Waals surface area contributed by atoms with Gasteiger partial charge in [0.2, 0.25) is 5.91 Å². The fourth-order valence-electron chi connectivity index (χ4n) is 1.03. The summed E-state index contributed by atoms with van der Waals surface area (Å²) < 4.78 is 23.5. The van der Waals surface area contributed by atoms with Gasteiger partial charge in [0.25, 0.3) is 6.43 Å². The molecule has 0 aromatic heterocycles. The van der Waals surface area contributed by atoms with Crippen molar-refractivity contribution in [3.8, 4) is 0 Å². The van der Waals surface area contributed by atoms with Gasteiger partial charge in [0, 0.05) is 10.7 Å². The summed E-state index contributed by atoms with van der Waals surface area (Å²) >= 11 is 5.66. The third-order valence-electron chi connectivity index (χ3n) is 1.71. The molecule has 0 aliphatic heterocycles. The van der Waals surface area contributed by atoms with Crippen molar-refractivity contribution in [3.63, 3.8) is 0 Å². The van der Waals surface area contributed by atoms with Gasteiger partial charge in [-0.1, -0.05) is 11.6 Å². The number of benzene rings is 1. The topological polar surface area (TPSA) is 41.1 Å². The number of carbonyl (C=O) groups excluding carboxylic acids is 1. The van der Waals surface area contributed by atoms with Gasteiger partial charge in [-0.2, -0.15) is 0 Å². The second-order valence-corrected chi connectivity index (χ2v) is 3.51. The van der Waals surface area contributed by atoms with Crippen molar-refractivity contribution in [1.29, 1.82) is 0 Å². The molecule has 2 N–H and O–H groups in total. The standard InChI is InChI=1S/C10H11ClF2N2O/c11-7-1-3-8(4-2-7)15-10(16)6-14-5-9(12)13/h1-4,9,14H,5-6H2,(H,15,16). The summed E-state index contributed by atoms with van der Waals surface area (Å²) in [4.78, 5) is 11.2. The molecule has 3 nitrogen and oxygen atoms in total. The monoisotopic (exact) mass is 248 g/mol. The minimum atomic E-state index is -2.46. The zero-order valence-corrected chi connectivity index (χ0v) is 9.10. The Balaban J connectivity index is 2.31. The fraction of sp³-hybridized carbons (Fsp3) is 0.300. The molecular weight excluding hydrogens is 238 g/mol. The largest absolute Gasteiger partial charge is 0.325 e. The summed E-state index contributed by atoms with van der Waals surface area (Å²) in [5, 5.41) is 5.43. The van der Waals surface area contributed by atoms with E-state index in [4.69, 9.17) is 11.6 Å². The molecule has 0 atom stereocenters.